The zero-order valence-electron chi connectivity index (χ0n) is 19.5. The molecule has 0 bridgehead atoms. The van der Waals surface area contributed by atoms with Crippen LogP contribution in [0, 0.1) is 0 Å². The first-order valence-electron chi connectivity index (χ1n) is 11.6. The van der Waals surface area contributed by atoms with E-state index in [1.807, 2.05) is 31.2 Å². The van der Waals surface area contributed by atoms with Crippen LogP contribution in [-0.4, -0.2) is 39.7 Å². The normalized spacial score (nSPS) is 15.3. The van der Waals surface area contributed by atoms with Crippen molar-refractivity contribution in [3.63, 3.8) is 0 Å². The van der Waals surface area contributed by atoms with Crippen LogP contribution < -0.4 is 10.1 Å². The van der Waals surface area contributed by atoms with Gasteiger partial charge in [0.2, 0.25) is 11.1 Å². The highest BCUT2D eigenvalue weighted by Crippen LogP contribution is 2.37. The first kappa shape index (κ1) is 24.2. The minimum Gasteiger partial charge on any atom is -0.494 e. The number of carbonyl (C=O) groups excluding carboxylic acids is 1. The standard InChI is InChI=1S/C24H34N4O3S/c1-5-8-13-30-19-12-10-11-18(16-19)21-20(22(29)31-14-9-6-2)17(4)25-23-26-24(27-28(21)23)32-15-7-3/h10-12,16,21H,5-9,13-15H2,1-4H3,(H,25,26,27). The molecule has 1 aliphatic rings. The molecule has 1 aliphatic heterocycles. The van der Waals surface area contributed by atoms with Gasteiger partial charge in [-0.25, -0.2) is 9.48 Å². The Balaban J connectivity index is 1.98. The highest BCUT2D eigenvalue weighted by molar-refractivity contribution is 7.99. The van der Waals surface area contributed by atoms with E-state index < -0.39 is 6.04 Å². The maximum atomic E-state index is 13.1. The highest BCUT2D eigenvalue weighted by Gasteiger charge is 2.35. The summed E-state index contributed by atoms with van der Waals surface area (Å²) in [5.74, 6) is 2.03. The molecule has 1 aromatic heterocycles. The number of thioether (sulfide) groups is 1. The fourth-order valence-corrected chi connectivity index (χ4v) is 4.14. The molecule has 32 heavy (non-hydrogen) atoms. The van der Waals surface area contributed by atoms with Gasteiger partial charge >= 0.3 is 5.97 Å². The fourth-order valence-electron chi connectivity index (χ4n) is 3.45. The van der Waals surface area contributed by atoms with Crippen LogP contribution in [0.15, 0.2) is 40.7 Å². The number of benzene rings is 1. The number of hydrogen-bond acceptors (Lipinski definition) is 7. The van der Waals surface area contributed by atoms with Gasteiger partial charge in [0.05, 0.1) is 18.8 Å². The molecule has 3 rings (SSSR count). The van der Waals surface area contributed by atoms with Gasteiger partial charge in [-0.2, -0.15) is 4.98 Å². The van der Waals surface area contributed by atoms with Crippen LogP contribution in [0.3, 0.4) is 0 Å². The third kappa shape index (κ3) is 5.85. The molecular weight excluding hydrogens is 424 g/mol. The summed E-state index contributed by atoms with van der Waals surface area (Å²) < 4.78 is 13.3. The van der Waals surface area contributed by atoms with Crippen LogP contribution in [0.2, 0.25) is 0 Å². The number of nitrogens with zero attached hydrogens (tertiary/aromatic N) is 3. The Bertz CT molecular complexity index is 941. The summed E-state index contributed by atoms with van der Waals surface area (Å²) in [5.41, 5.74) is 2.21. The molecule has 7 nitrogen and oxygen atoms in total. The van der Waals surface area contributed by atoms with E-state index in [0.717, 1.165) is 54.9 Å². The lowest BCUT2D eigenvalue weighted by Crippen LogP contribution is -2.29. The Morgan fingerprint density at radius 1 is 1.16 bits per heavy atom. The van der Waals surface area contributed by atoms with Gasteiger partial charge < -0.3 is 14.8 Å². The zero-order chi connectivity index (χ0) is 22.9. The maximum Gasteiger partial charge on any atom is 0.338 e. The summed E-state index contributed by atoms with van der Waals surface area (Å²) in [6, 6.07) is 7.46. The van der Waals surface area contributed by atoms with Gasteiger partial charge in [-0.15, -0.1) is 5.10 Å². The molecule has 0 saturated heterocycles. The molecule has 1 N–H and O–H groups in total. The summed E-state index contributed by atoms with van der Waals surface area (Å²) in [5, 5.41) is 8.69. The zero-order valence-corrected chi connectivity index (χ0v) is 20.3. The van der Waals surface area contributed by atoms with Crippen LogP contribution in [0.5, 0.6) is 5.75 Å². The van der Waals surface area contributed by atoms with E-state index in [0.29, 0.717) is 29.9 Å². The van der Waals surface area contributed by atoms with Crippen LogP contribution in [-0.2, 0) is 9.53 Å². The van der Waals surface area contributed by atoms with Crippen molar-refractivity contribution in [2.24, 2.45) is 0 Å². The molecule has 0 spiro atoms. The number of unbranched alkanes of at least 4 members (excludes halogenated alkanes) is 2. The number of aromatic nitrogens is 3. The largest absolute Gasteiger partial charge is 0.494 e. The van der Waals surface area contributed by atoms with Crippen molar-refractivity contribution < 1.29 is 14.3 Å². The van der Waals surface area contributed by atoms with Gasteiger partial charge in [-0.3, -0.25) is 0 Å². The predicted molar refractivity (Wildman–Crippen MR) is 128 cm³/mol. The van der Waals surface area contributed by atoms with Gasteiger partial charge in [-0.05, 0) is 43.9 Å². The molecule has 1 unspecified atom stereocenters. The van der Waals surface area contributed by atoms with Crippen LogP contribution >= 0.6 is 11.8 Å². The van der Waals surface area contributed by atoms with Gasteiger partial charge in [0.25, 0.3) is 0 Å². The number of hydrogen-bond donors (Lipinski definition) is 1. The number of anilines is 1. The summed E-state index contributed by atoms with van der Waals surface area (Å²) >= 11 is 1.61. The van der Waals surface area contributed by atoms with Crippen molar-refractivity contribution in [2.45, 2.75) is 71.0 Å². The van der Waals surface area contributed by atoms with E-state index in [-0.39, 0.29) is 5.97 Å². The topological polar surface area (TPSA) is 78.3 Å². The van der Waals surface area contributed by atoms with Gasteiger partial charge in [0.1, 0.15) is 11.8 Å². The van der Waals surface area contributed by atoms with Crippen molar-refractivity contribution in [1.82, 2.24) is 14.8 Å². The van der Waals surface area contributed by atoms with Gasteiger partial charge in [-0.1, -0.05) is 57.5 Å². The summed E-state index contributed by atoms with van der Waals surface area (Å²) in [4.78, 5) is 17.8. The second-order valence-corrected chi connectivity index (χ2v) is 8.90. The predicted octanol–water partition coefficient (Wildman–Crippen LogP) is 5.59. The molecule has 0 aliphatic carbocycles. The van der Waals surface area contributed by atoms with E-state index in [1.165, 1.54) is 0 Å². The molecule has 0 fully saturated rings. The minimum absolute atomic E-state index is 0.324. The average Bonchev–Trinajstić information content (AvgIpc) is 3.19. The molecule has 174 valence electrons. The lowest BCUT2D eigenvalue weighted by atomic mass is 9.95. The molecule has 2 heterocycles. The Morgan fingerprint density at radius 3 is 2.69 bits per heavy atom. The minimum atomic E-state index is -0.432. The fraction of sp³-hybridized carbons (Fsp3) is 0.542. The first-order valence-corrected chi connectivity index (χ1v) is 12.5. The van der Waals surface area contributed by atoms with Crippen molar-refractivity contribution in [1.29, 1.82) is 0 Å². The Kier molecular flexibility index (Phi) is 9.02. The Hall–Kier alpha value is -2.48. The second-order valence-electron chi connectivity index (χ2n) is 7.84. The number of fused-ring (bicyclic) bond motifs is 1. The second kappa shape index (κ2) is 11.9. The quantitative estimate of drug-likeness (QED) is 0.252. The molecule has 2 aromatic rings. The summed E-state index contributed by atoms with van der Waals surface area (Å²) in [6.07, 6.45) is 4.91. The highest BCUT2D eigenvalue weighted by atomic mass is 32.2. The number of ether oxygens (including phenoxy) is 2. The molecule has 1 aromatic carbocycles. The summed E-state index contributed by atoms with van der Waals surface area (Å²) in [7, 11) is 0. The van der Waals surface area contributed by atoms with E-state index in [4.69, 9.17) is 14.6 Å². The van der Waals surface area contributed by atoms with Crippen LogP contribution in [0.1, 0.15) is 71.4 Å². The average molecular weight is 459 g/mol. The van der Waals surface area contributed by atoms with Crippen LogP contribution in [0.25, 0.3) is 0 Å². The molecular formula is C24H34N4O3S. The number of nitrogens with one attached hydrogen (secondary N) is 1. The molecule has 1 atom stereocenters. The van der Waals surface area contributed by atoms with E-state index in [9.17, 15) is 4.79 Å². The third-order valence-corrected chi connectivity index (χ3v) is 6.20. The third-order valence-electron chi connectivity index (χ3n) is 5.16. The van der Waals surface area contributed by atoms with Crippen molar-refractivity contribution in [2.75, 3.05) is 24.3 Å². The number of carbonyl (C=O) groups is 1. The van der Waals surface area contributed by atoms with Gasteiger partial charge in [0.15, 0.2) is 0 Å². The monoisotopic (exact) mass is 458 g/mol. The Labute approximate surface area is 195 Å². The van der Waals surface area contributed by atoms with E-state index in [2.05, 4.69) is 31.1 Å². The molecule has 0 amide bonds. The van der Waals surface area contributed by atoms with E-state index in [1.54, 1.807) is 16.4 Å². The van der Waals surface area contributed by atoms with Crippen molar-refractivity contribution >= 4 is 23.7 Å². The van der Waals surface area contributed by atoms with E-state index >= 15 is 0 Å². The SMILES string of the molecule is CCCCOC(=O)C1=C(C)Nc2nc(SCCC)nn2C1c1cccc(OCCCC)c1. The first-order chi connectivity index (χ1) is 15.6. The van der Waals surface area contributed by atoms with Crippen LogP contribution in [0.4, 0.5) is 5.95 Å². The maximum absolute atomic E-state index is 13.1. The number of allylic oxidation sites excluding steroid dienone is 1. The Morgan fingerprint density at radius 2 is 1.94 bits per heavy atom. The number of rotatable bonds is 12. The summed E-state index contributed by atoms with van der Waals surface area (Å²) in [6.45, 7) is 9.30. The smallest absolute Gasteiger partial charge is 0.338 e. The van der Waals surface area contributed by atoms with Crippen molar-refractivity contribution in [3.05, 3.63) is 41.1 Å². The van der Waals surface area contributed by atoms with Crippen molar-refractivity contribution in [3.8, 4) is 5.75 Å². The molecule has 8 heteroatoms. The molecule has 0 saturated carbocycles. The molecule has 0 radical (unpaired) electrons. The number of esters is 1. The lowest BCUT2D eigenvalue weighted by molar-refractivity contribution is -0.139. The van der Waals surface area contributed by atoms with Gasteiger partial charge in [0, 0.05) is 11.4 Å². The lowest BCUT2D eigenvalue weighted by Gasteiger charge is -2.28.